The third kappa shape index (κ3) is 2.85. The highest BCUT2D eigenvalue weighted by molar-refractivity contribution is 9.10. The molecule has 0 amide bonds. The lowest BCUT2D eigenvalue weighted by molar-refractivity contribution is 0.0224. The molecule has 0 unspecified atom stereocenters. The standard InChI is InChI=1S/C9H11BrFNO2/c1-2-13-5-14-9-7(10)3-6(11)4-8(9)12/h3-4H,2,5,12H2,1H3. The van der Waals surface area contributed by atoms with Gasteiger partial charge >= 0.3 is 0 Å². The lowest BCUT2D eigenvalue weighted by atomic mass is 10.3. The zero-order chi connectivity index (χ0) is 10.6. The van der Waals surface area contributed by atoms with Gasteiger partial charge in [-0.25, -0.2) is 4.39 Å². The number of anilines is 1. The number of nitrogens with two attached hydrogens (primary N) is 1. The Bertz CT molecular complexity index is 297. The van der Waals surface area contributed by atoms with Crippen molar-refractivity contribution >= 4 is 21.6 Å². The fourth-order valence-corrected chi connectivity index (χ4v) is 1.48. The van der Waals surface area contributed by atoms with E-state index < -0.39 is 5.82 Å². The Morgan fingerprint density at radius 3 is 2.79 bits per heavy atom. The summed E-state index contributed by atoms with van der Waals surface area (Å²) in [5.74, 6) is -0.00187. The molecule has 0 heterocycles. The van der Waals surface area contributed by atoms with Crippen molar-refractivity contribution in [3.63, 3.8) is 0 Å². The molecule has 0 saturated carbocycles. The lowest BCUT2D eigenvalue weighted by Gasteiger charge is -2.10. The molecular formula is C9H11BrFNO2. The number of rotatable bonds is 4. The molecule has 0 fully saturated rings. The molecule has 5 heteroatoms. The Hall–Kier alpha value is -0.810. The van der Waals surface area contributed by atoms with Gasteiger partial charge in [0.15, 0.2) is 12.5 Å². The zero-order valence-corrected chi connectivity index (χ0v) is 9.30. The maximum atomic E-state index is 12.8. The van der Waals surface area contributed by atoms with Crippen molar-refractivity contribution < 1.29 is 13.9 Å². The quantitative estimate of drug-likeness (QED) is 0.516. The van der Waals surface area contributed by atoms with Gasteiger partial charge in [-0.15, -0.1) is 0 Å². The minimum Gasteiger partial charge on any atom is -0.464 e. The van der Waals surface area contributed by atoms with Crippen LogP contribution in [0.25, 0.3) is 0 Å². The van der Waals surface area contributed by atoms with E-state index >= 15 is 0 Å². The fourth-order valence-electron chi connectivity index (χ4n) is 0.916. The summed E-state index contributed by atoms with van der Waals surface area (Å²) in [4.78, 5) is 0. The van der Waals surface area contributed by atoms with E-state index in [9.17, 15) is 4.39 Å². The predicted molar refractivity (Wildman–Crippen MR) is 55.6 cm³/mol. The van der Waals surface area contributed by atoms with Crippen LogP contribution in [0.1, 0.15) is 6.92 Å². The summed E-state index contributed by atoms with van der Waals surface area (Å²) in [7, 11) is 0. The summed E-state index contributed by atoms with van der Waals surface area (Å²) < 4.78 is 23.5. The molecule has 0 radical (unpaired) electrons. The summed E-state index contributed by atoms with van der Waals surface area (Å²) in [6, 6.07) is 2.49. The molecule has 0 aliphatic rings. The van der Waals surface area contributed by atoms with Crippen molar-refractivity contribution in [2.45, 2.75) is 6.92 Å². The van der Waals surface area contributed by atoms with E-state index in [1.54, 1.807) is 0 Å². The van der Waals surface area contributed by atoms with Gasteiger partial charge in [-0.2, -0.15) is 0 Å². The maximum Gasteiger partial charge on any atom is 0.189 e. The first-order valence-corrected chi connectivity index (χ1v) is 4.89. The van der Waals surface area contributed by atoms with Crippen molar-refractivity contribution in [3.05, 3.63) is 22.4 Å². The third-order valence-electron chi connectivity index (χ3n) is 1.53. The number of halogens is 2. The second-order valence-electron chi connectivity index (χ2n) is 2.56. The summed E-state index contributed by atoms with van der Waals surface area (Å²) in [5.41, 5.74) is 5.80. The monoisotopic (exact) mass is 263 g/mol. The normalized spacial score (nSPS) is 10.2. The highest BCUT2D eigenvalue weighted by atomic mass is 79.9. The van der Waals surface area contributed by atoms with Crippen molar-refractivity contribution in [3.8, 4) is 5.75 Å². The number of hydrogen-bond acceptors (Lipinski definition) is 3. The Labute approximate surface area is 90.1 Å². The highest BCUT2D eigenvalue weighted by Crippen LogP contribution is 2.32. The number of benzene rings is 1. The van der Waals surface area contributed by atoms with Gasteiger partial charge in [-0.1, -0.05) is 0 Å². The molecule has 0 aromatic heterocycles. The van der Waals surface area contributed by atoms with Gasteiger partial charge in [0.25, 0.3) is 0 Å². The van der Waals surface area contributed by atoms with Crippen LogP contribution < -0.4 is 10.5 Å². The molecular weight excluding hydrogens is 253 g/mol. The van der Waals surface area contributed by atoms with E-state index in [0.29, 0.717) is 16.8 Å². The first-order valence-electron chi connectivity index (χ1n) is 4.10. The molecule has 1 rings (SSSR count). The van der Waals surface area contributed by atoms with Gasteiger partial charge in [-0.3, -0.25) is 0 Å². The Balaban J connectivity index is 2.75. The maximum absolute atomic E-state index is 12.8. The van der Waals surface area contributed by atoms with E-state index in [4.69, 9.17) is 15.2 Å². The molecule has 1 aromatic rings. The predicted octanol–water partition coefficient (Wildman–Crippen LogP) is 2.54. The van der Waals surface area contributed by atoms with Gasteiger partial charge in [0.1, 0.15) is 5.82 Å². The molecule has 1 aromatic carbocycles. The van der Waals surface area contributed by atoms with Crippen LogP contribution in [0.3, 0.4) is 0 Å². The fraction of sp³-hybridized carbons (Fsp3) is 0.333. The Morgan fingerprint density at radius 2 is 2.21 bits per heavy atom. The zero-order valence-electron chi connectivity index (χ0n) is 7.72. The first kappa shape index (κ1) is 11.3. The Kier molecular flexibility index (Phi) is 4.16. The first-order chi connectivity index (χ1) is 6.65. The lowest BCUT2D eigenvalue weighted by Crippen LogP contribution is -2.05. The van der Waals surface area contributed by atoms with Crippen LogP contribution in [0.15, 0.2) is 16.6 Å². The van der Waals surface area contributed by atoms with Crippen molar-refractivity contribution in [2.24, 2.45) is 0 Å². The third-order valence-corrected chi connectivity index (χ3v) is 2.12. The SMILES string of the molecule is CCOCOc1c(N)cc(F)cc1Br. The molecule has 3 nitrogen and oxygen atoms in total. The molecule has 2 N–H and O–H groups in total. The molecule has 0 aliphatic heterocycles. The van der Waals surface area contributed by atoms with Gasteiger partial charge in [0.05, 0.1) is 10.2 Å². The van der Waals surface area contributed by atoms with Crippen LogP contribution in [0.2, 0.25) is 0 Å². The van der Waals surface area contributed by atoms with Crippen molar-refractivity contribution in [2.75, 3.05) is 19.1 Å². The largest absolute Gasteiger partial charge is 0.464 e. The molecule has 14 heavy (non-hydrogen) atoms. The van der Waals surface area contributed by atoms with E-state index in [1.165, 1.54) is 12.1 Å². The van der Waals surface area contributed by atoms with E-state index in [0.717, 1.165) is 0 Å². The average molecular weight is 264 g/mol. The molecule has 0 bridgehead atoms. The van der Waals surface area contributed by atoms with Gasteiger partial charge in [0.2, 0.25) is 0 Å². The van der Waals surface area contributed by atoms with Gasteiger partial charge in [-0.05, 0) is 28.9 Å². The number of ether oxygens (including phenoxy) is 2. The molecule has 0 spiro atoms. The second kappa shape index (κ2) is 5.17. The molecule has 78 valence electrons. The summed E-state index contributed by atoms with van der Waals surface area (Å²) >= 11 is 3.15. The summed E-state index contributed by atoms with van der Waals surface area (Å²) in [6.07, 6.45) is 0. The van der Waals surface area contributed by atoms with Crippen LogP contribution in [0.5, 0.6) is 5.75 Å². The summed E-state index contributed by atoms with van der Waals surface area (Å²) in [5, 5.41) is 0. The molecule has 0 saturated heterocycles. The summed E-state index contributed by atoms with van der Waals surface area (Å²) in [6.45, 7) is 2.51. The number of nitrogen functional groups attached to an aromatic ring is 1. The topological polar surface area (TPSA) is 44.5 Å². The average Bonchev–Trinajstić information content (AvgIpc) is 2.09. The van der Waals surface area contributed by atoms with Gasteiger partial charge < -0.3 is 15.2 Å². The number of hydrogen-bond donors (Lipinski definition) is 1. The van der Waals surface area contributed by atoms with E-state index in [2.05, 4.69) is 15.9 Å². The van der Waals surface area contributed by atoms with Crippen molar-refractivity contribution in [1.82, 2.24) is 0 Å². The van der Waals surface area contributed by atoms with Crippen LogP contribution in [0, 0.1) is 5.82 Å². The van der Waals surface area contributed by atoms with Crippen LogP contribution >= 0.6 is 15.9 Å². The van der Waals surface area contributed by atoms with Crippen LogP contribution in [-0.2, 0) is 4.74 Å². The smallest absolute Gasteiger partial charge is 0.189 e. The minimum atomic E-state index is -0.405. The van der Waals surface area contributed by atoms with E-state index in [1.807, 2.05) is 6.92 Å². The highest BCUT2D eigenvalue weighted by Gasteiger charge is 2.08. The molecule has 0 atom stereocenters. The van der Waals surface area contributed by atoms with Crippen LogP contribution in [0.4, 0.5) is 10.1 Å². The molecule has 0 aliphatic carbocycles. The second-order valence-corrected chi connectivity index (χ2v) is 3.42. The van der Waals surface area contributed by atoms with Gasteiger partial charge in [0, 0.05) is 12.7 Å². The van der Waals surface area contributed by atoms with Crippen LogP contribution in [-0.4, -0.2) is 13.4 Å². The van der Waals surface area contributed by atoms with E-state index in [-0.39, 0.29) is 12.5 Å². The van der Waals surface area contributed by atoms with Crippen molar-refractivity contribution in [1.29, 1.82) is 0 Å². The minimum absolute atomic E-state index is 0.102. The Morgan fingerprint density at radius 1 is 1.50 bits per heavy atom.